The lowest BCUT2D eigenvalue weighted by atomic mass is 9.63. The highest BCUT2D eigenvalue weighted by atomic mass is 16.6. The Kier molecular flexibility index (Phi) is 6.58. The quantitative estimate of drug-likeness (QED) is 0.474. The zero-order chi connectivity index (χ0) is 22.2. The number of carbonyl (C=O) groups is 2. The second kappa shape index (κ2) is 8.67. The third-order valence-electron chi connectivity index (χ3n) is 6.91. The number of nitrogens with one attached hydrogen (secondary N) is 1. The average Bonchev–Trinajstić information content (AvgIpc) is 2.93. The van der Waals surface area contributed by atoms with Crippen LogP contribution >= 0.6 is 0 Å². The van der Waals surface area contributed by atoms with Gasteiger partial charge < -0.3 is 20.3 Å². The molecule has 3 aliphatic rings. The number of aliphatic hydroxyl groups is 2. The van der Waals surface area contributed by atoms with E-state index in [-0.39, 0.29) is 29.7 Å². The summed E-state index contributed by atoms with van der Waals surface area (Å²) in [5, 5.41) is 23.4. The molecule has 7 atom stereocenters. The fourth-order valence-electron chi connectivity index (χ4n) is 5.27. The van der Waals surface area contributed by atoms with Crippen LogP contribution in [0.3, 0.4) is 0 Å². The second-order valence-electron chi connectivity index (χ2n) is 9.64. The van der Waals surface area contributed by atoms with Gasteiger partial charge in [-0.15, -0.1) is 0 Å². The first kappa shape index (κ1) is 22.8. The molecule has 6 heteroatoms. The summed E-state index contributed by atoms with van der Waals surface area (Å²) in [5.74, 6) is -1.02. The molecule has 3 N–H and O–H groups in total. The van der Waals surface area contributed by atoms with Crippen molar-refractivity contribution in [2.24, 2.45) is 23.7 Å². The van der Waals surface area contributed by atoms with Crippen LogP contribution in [0, 0.1) is 23.7 Å². The van der Waals surface area contributed by atoms with Crippen molar-refractivity contribution >= 4 is 11.9 Å². The normalized spacial score (nSPS) is 42.5. The zero-order valence-corrected chi connectivity index (χ0v) is 18.6. The van der Waals surface area contributed by atoms with E-state index in [0.29, 0.717) is 18.8 Å². The Morgan fingerprint density at radius 2 is 1.93 bits per heavy atom. The molecule has 2 heterocycles. The molecule has 1 aliphatic carbocycles. The molecule has 166 valence electrons. The number of rotatable bonds is 2. The number of carbonyl (C=O) groups excluding carboxylic acids is 2. The maximum Gasteiger partial charge on any atom is 0.331 e. The summed E-state index contributed by atoms with van der Waals surface area (Å²) in [6.07, 6.45) is 6.06. The third kappa shape index (κ3) is 4.12. The number of amides is 1. The lowest BCUT2D eigenvalue weighted by molar-refractivity contribution is -0.172. The first-order chi connectivity index (χ1) is 14.1. The minimum atomic E-state index is -1.32. The maximum absolute atomic E-state index is 13.4. The van der Waals surface area contributed by atoms with Gasteiger partial charge in [0, 0.05) is 24.0 Å². The van der Waals surface area contributed by atoms with E-state index in [0.717, 1.165) is 18.1 Å². The number of allylic oxidation sites excluding steroid dienone is 2. The third-order valence-corrected chi connectivity index (χ3v) is 6.91. The van der Waals surface area contributed by atoms with Crippen LogP contribution in [0.15, 0.2) is 35.5 Å². The summed E-state index contributed by atoms with van der Waals surface area (Å²) in [7, 11) is 0. The SMILES string of the molecule is CC1=C[C@@H]2/C=C(\C)CC[C@H](O)[C@H](O)/C=C/C(=O)O[C@]23C(=O)N[C@@H](CC(C)C)[C@H]3[C@@H]1C. The number of ether oxygens (including phenoxy) is 1. The van der Waals surface area contributed by atoms with Gasteiger partial charge >= 0.3 is 5.97 Å². The van der Waals surface area contributed by atoms with E-state index in [9.17, 15) is 19.8 Å². The Labute approximate surface area is 179 Å². The molecule has 0 radical (unpaired) electrons. The molecule has 1 saturated heterocycles. The Bertz CT molecular complexity index is 782. The standard InChI is InChI=1S/C24H35NO5/c1-13(2)10-18-22-16(5)15(4)12-17-11-14(3)6-7-19(26)20(27)8-9-21(28)30-24(17,22)23(29)25-18/h8-9,11-13,16-20,22,26-27H,6-7,10H2,1-5H3,(H,25,29)/b9-8+,14-11+/t16-,17+,18+,19+,20-,22-,24-/m1/s1. The Morgan fingerprint density at radius 1 is 1.23 bits per heavy atom. The maximum atomic E-state index is 13.4. The van der Waals surface area contributed by atoms with Crippen LogP contribution < -0.4 is 5.32 Å². The molecule has 3 rings (SSSR count). The topological polar surface area (TPSA) is 95.9 Å². The number of hydrogen-bond acceptors (Lipinski definition) is 5. The molecule has 0 aromatic heterocycles. The largest absolute Gasteiger partial charge is 0.444 e. The van der Waals surface area contributed by atoms with Crippen molar-refractivity contribution in [1.29, 1.82) is 0 Å². The summed E-state index contributed by atoms with van der Waals surface area (Å²) < 4.78 is 5.99. The molecule has 0 aromatic carbocycles. The van der Waals surface area contributed by atoms with Crippen molar-refractivity contribution in [3.05, 3.63) is 35.5 Å². The molecule has 30 heavy (non-hydrogen) atoms. The van der Waals surface area contributed by atoms with Gasteiger partial charge in [0.25, 0.3) is 5.91 Å². The van der Waals surface area contributed by atoms with Crippen LogP contribution in [0.25, 0.3) is 0 Å². The van der Waals surface area contributed by atoms with E-state index in [2.05, 4.69) is 39.1 Å². The van der Waals surface area contributed by atoms with Crippen LogP contribution in [0.2, 0.25) is 0 Å². The van der Waals surface area contributed by atoms with E-state index in [4.69, 9.17) is 4.74 Å². The molecule has 0 saturated carbocycles. The van der Waals surface area contributed by atoms with Crippen molar-refractivity contribution < 1.29 is 24.5 Å². The first-order valence-corrected chi connectivity index (χ1v) is 11.0. The summed E-state index contributed by atoms with van der Waals surface area (Å²) in [4.78, 5) is 26.2. The predicted octanol–water partition coefficient (Wildman–Crippen LogP) is 2.66. The molecule has 1 amide bonds. The summed E-state index contributed by atoms with van der Waals surface area (Å²) in [6, 6.07) is -0.0792. The second-order valence-corrected chi connectivity index (χ2v) is 9.64. The van der Waals surface area contributed by atoms with E-state index in [1.54, 1.807) is 0 Å². The van der Waals surface area contributed by atoms with Crippen LogP contribution in [0.5, 0.6) is 0 Å². The summed E-state index contributed by atoms with van der Waals surface area (Å²) in [5.41, 5.74) is 0.858. The molecule has 0 unspecified atom stereocenters. The highest BCUT2D eigenvalue weighted by Crippen LogP contribution is 2.50. The Hall–Kier alpha value is -1.92. The molecule has 1 spiro atoms. The number of esters is 1. The summed E-state index contributed by atoms with van der Waals surface area (Å²) in [6.45, 7) is 10.4. The average molecular weight is 418 g/mol. The van der Waals surface area contributed by atoms with Crippen LogP contribution in [0.1, 0.15) is 53.9 Å². The van der Waals surface area contributed by atoms with E-state index in [1.807, 2.05) is 13.0 Å². The summed E-state index contributed by atoms with van der Waals surface area (Å²) >= 11 is 0. The molecule has 6 nitrogen and oxygen atoms in total. The lowest BCUT2D eigenvalue weighted by Crippen LogP contribution is -2.56. The highest BCUT2D eigenvalue weighted by Gasteiger charge is 2.64. The minimum Gasteiger partial charge on any atom is -0.444 e. The molecule has 1 fully saturated rings. The molecular formula is C24H35NO5. The molecule has 2 aliphatic heterocycles. The van der Waals surface area contributed by atoms with Crippen molar-refractivity contribution in [3.8, 4) is 0 Å². The first-order valence-electron chi connectivity index (χ1n) is 11.0. The zero-order valence-electron chi connectivity index (χ0n) is 18.6. The monoisotopic (exact) mass is 417 g/mol. The van der Waals surface area contributed by atoms with Gasteiger partial charge in [-0.2, -0.15) is 0 Å². The molecular weight excluding hydrogens is 382 g/mol. The fourth-order valence-corrected chi connectivity index (χ4v) is 5.27. The van der Waals surface area contributed by atoms with Gasteiger partial charge in [-0.05, 0) is 51.0 Å². The van der Waals surface area contributed by atoms with E-state index in [1.165, 1.54) is 11.6 Å². The van der Waals surface area contributed by atoms with Crippen LogP contribution in [-0.2, 0) is 14.3 Å². The highest BCUT2D eigenvalue weighted by molar-refractivity contribution is 5.94. The van der Waals surface area contributed by atoms with Crippen molar-refractivity contribution in [2.45, 2.75) is 77.7 Å². The fraction of sp³-hybridized carbons (Fsp3) is 0.667. The van der Waals surface area contributed by atoms with Crippen LogP contribution in [0.4, 0.5) is 0 Å². The Morgan fingerprint density at radius 3 is 2.60 bits per heavy atom. The molecule has 0 aromatic rings. The smallest absolute Gasteiger partial charge is 0.331 e. The van der Waals surface area contributed by atoms with E-state index >= 15 is 0 Å². The van der Waals surface area contributed by atoms with E-state index < -0.39 is 23.8 Å². The number of aliphatic hydroxyl groups excluding tert-OH is 2. The van der Waals surface area contributed by atoms with Crippen molar-refractivity contribution in [2.75, 3.05) is 0 Å². The van der Waals surface area contributed by atoms with Crippen molar-refractivity contribution in [3.63, 3.8) is 0 Å². The number of hydrogen-bond donors (Lipinski definition) is 3. The van der Waals surface area contributed by atoms with Gasteiger partial charge in [0.2, 0.25) is 5.60 Å². The van der Waals surface area contributed by atoms with Gasteiger partial charge in [0.05, 0.1) is 12.2 Å². The van der Waals surface area contributed by atoms with Crippen LogP contribution in [-0.4, -0.2) is 45.9 Å². The van der Waals surface area contributed by atoms with Gasteiger partial charge in [-0.25, -0.2) is 4.79 Å². The van der Waals surface area contributed by atoms with Crippen molar-refractivity contribution in [1.82, 2.24) is 5.32 Å². The minimum absolute atomic E-state index is 0.0785. The lowest BCUT2D eigenvalue weighted by Gasteiger charge is -2.45. The van der Waals surface area contributed by atoms with Gasteiger partial charge in [-0.1, -0.05) is 44.1 Å². The van der Waals surface area contributed by atoms with Gasteiger partial charge in [0.1, 0.15) is 0 Å². The Balaban J connectivity index is 2.13. The van der Waals surface area contributed by atoms with Gasteiger partial charge in [0.15, 0.2) is 0 Å². The van der Waals surface area contributed by atoms with Gasteiger partial charge in [-0.3, -0.25) is 4.79 Å². The predicted molar refractivity (Wildman–Crippen MR) is 114 cm³/mol. The molecule has 0 bridgehead atoms.